The minimum absolute atomic E-state index is 0.346. The van der Waals surface area contributed by atoms with Crippen molar-refractivity contribution in [3.8, 4) is 0 Å². The third kappa shape index (κ3) is 1.93. The van der Waals surface area contributed by atoms with Gasteiger partial charge in [0.25, 0.3) is 0 Å². The molecule has 0 saturated carbocycles. The number of hydrogen-bond donors (Lipinski definition) is 2. The predicted molar refractivity (Wildman–Crippen MR) is 67.8 cm³/mol. The van der Waals surface area contributed by atoms with E-state index < -0.39 is 0 Å². The lowest BCUT2D eigenvalue weighted by Crippen LogP contribution is -2.33. The summed E-state index contributed by atoms with van der Waals surface area (Å²) in [5, 5.41) is 3.54. The lowest BCUT2D eigenvalue weighted by atomic mass is 9.92. The first-order valence-corrected chi connectivity index (χ1v) is 6.30. The average Bonchev–Trinajstić information content (AvgIpc) is 2.72. The fourth-order valence-corrected chi connectivity index (χ4v) is 2.57. The maximum absolute atomic E-state index is 4.62. The van der Waals surface area contributed by atoms with Gasteiger partial charge in [0, 0.05) is 5.69 Å². The van der Waals surface area contributed by atoms with E-state index >= 15 is 0 Å². The predicted octanol–water partition coefficient (Wildman–Crippen LogP) is 2.33. The number of aromatic nitrogens is 3. The minimum atomic E-state index is 0.346. The van der Waals surface area contributed by atoms with E-state index in [1.807, 2.05) is 13.0 Å². The van der Waals surface area contributed by atoms with Crippen LogP contribution in [0.5, 0.6) is 0 Å². The van der Waals surface area contributed by atoms with Crippen LogP contribution in [0.1, 0.15) is 37.3 Å². The highest BCUT2D eigenvalue weighted by Gasteiger charge is 2.25. The van der Waals surface area contributed by atoms with E-state index in [1.165, 1.54) is 12.8 Å². The van der Waals surface area contributed by atoms with Crippen molar-refractivity contribution in [2.75, 3.05) is 6.54 Å². The summed E-state index contributed by atoms with van der Waals surface area (Å²) in [7, 11) is 0. The van der Waals surface area contributed by atoms with Crippen molar-refractivity contribution in [1.29, 1.82) is 0 Å². The second-order valence-electron chi connectivity index (χ2n) is 5.00. The molecular formula is C13H18N4. The van der Waals surface area contributed by atoms with Crippen LogP contribution in [0.25, 0.3) is 11.2 Å². The van der Waals surface area contributed by atoms with E-state index in [0.717, 1.165) is 29.2 Å². The molecule has 0 aromatic carbocycles. The van der Waals surface area contributed by atoms with Crippen LogP contribution < -0.4 is 5.32 Å². The number of piperidine rings is 1. The van der Waals surface area contributed by atoms with Gasteiger partial charge >= 0.3 is 0 Å². The average molecular weight is 230 g/mol. The topological polar surface area (TPSA) is 53.6 Å². The molecule has 2 aromatic heterocycles. The number of nitrogens with zero attached hydrogens (tertiary/aromatic N) is 2. The molecule has 17 heavy (non-hydrogen) atoms. The highest BCUT2D eigenvalue weighted by Crippen LogP contribution is 2.27. The summed E-state index contributed by atoms with van der Waals surface area (Å²) in [6.07, 6.45) is 2.52. The molecular weight excluding hydrogens is 212 g/mol. The lowest BCUT2D eigenvalue weighted by Gasteiger charge is -2.28. The number of aryl methyl sites for hydroxylation is 1. The van der Waals surface area contributed by atoms with Gasteiger partial charge in [-0.1, -0.05) is 6.92 Å². The van der Waals surface area contributed by atoms with Crippen LogP contribution in [0.3, 0.4) is 0 Å². The lowest BCUT2D eigenvalue weighted by molar-refractivity contribution is 0.296. The SMILES string of the molecule is Cc1ccc2[nH]c(C3NCCCC3C)nc2n1. The van der Waals surface area contributed by atoms with Gasteiger partial charge in [-0.05, 0) is 44.4 Å². The molecule has 4 nitrogen and oxygen atoms in total. The second kappa shape index (κ2) is 4.11. The van der Waals surface area contributed by atoms with Gasteiger partial charge in [0.2, 0.25) is 0 Å². The van der Waals surface area contributed by atoms with Crippen molar-refractivity contribution in [2.45, 2.75) is 32.7 Å². The molecule has 2 atom stereocenters. The summed E-state index contributed by atoms with van der Waals surface area (Å²) in [5.41, 5.74) is 2.88. The Hall–Kier alpha value is -1.42. The largest absolute Gasteiger partial charge is 0.339 e. The van der Waals surface area contributed by atoms with Crippen LogP contribution in [0.4, 0.5) is 0 Å². The van der Waals surface area contributed by atoms with E-state index in [1.54, 1.807) is 0 Å². The number of aromatic amines is 1. The van der Waals surface area contributed by atoms with Crippen molar-refractivity contribution in [3.05, 3.63) is 23.7 Å². The fraction of sp³-hybridized carbons (Fsp3) is 0.538. The number of hydrogen-bond acceptors (Lipinski definition) is 3. The monoisotopic (exact) mass is 230 g/mol. The van der Waals surface area contributed by atoms with Crippen molar-refractivity contribution in [2.24, 2.45) is 5.92 Å². The van der Waals surface area contributed by atoms with Crippen LogP contribution in [0.15, 0.2) is 12.1 Å². The van der Waals surface area contributed by atoms with Crippen molar-refractivity contribution < 1.29 is 0 Å². The number of pyridine rings is 1. The Kier molecular flexibility index (Phi) is 2.59. The van der Waals surface area contributed by atoms with E-state index in [0.29, 0.717) is 12.0 Å². The number of imidazole rings is 1. The molecule has 2 unspecified atom stereocenters. The number of H-pyrrole nitrogens is 1. The molecule has 0 bridgehead atoms. The molecule has 0 amide bonds. The van der Waals surface area contributed by atoms with Crippen LogP contribution in [0.2, 0.25) is 0 Å². The van der Waals surface area contributed by atoms with Gasteiger partial charge < -0.3 is 10.3 Å². The van der Waals surface area contributed by atoms with Gasteiger partial charge in [-0.3, -0.25) is 0 Å². The number of fused-ring (bicyclic) bond motifs is 1. The first-order valence-electron chi connectivity index (χ1n) is 6.30. The smallest absolute Gasteiger partial charge is 0.178 e. The molecule has 4 heteroatoms. The third-order valence-electron chi connectivity index (χ3n) is 3.57. The maximum atomic E-state index is 4.62. The first-order chi connectivity index (χ1) is 8.24. The van der Waals surface area contributed by atoms with Crippen molar-refractivity contribution >= 4 is 11.2 Å². The summed E-state index contributed by atoms with van der Waals surface area (Å²) in [4.78, 5) is 12.5. The molecule has 0 aliphatic carbocycles. The zero-order chi connectivity index (χ0) is 11.8. The Morgan fingerprint density at radius 1 is 1.29 bits per heavy atom. The Bertz CT molecular complexity index is 531. The highest BCUT2D eigenvalue weighted by molar-refractivity contribution is 5.70. The Balaban J connectivity index is 1.99. The van der Waals surface area contributed by atoms with Gasteiger partial charge in [-0.15, -0.1) is 0 Å². The van der Waals surface area contributed by atoms with Gasteiger partial charge in [-0.25, -0.2) is 9.97 Å². The number of rotatable bonds is 1. The Morgan fingerprint density at radius 3 is 3.00 bits per heavy atom. The summed E-state index contributed by atoms with van der Waals surface area (Å²) < 4.78 is 0. The van der Waals surface area contributed by atoms with Crippen molar-refractivity contribution in [1.82, 2.24) is 20.3 Å². The molecule has 90 valence electrons. The summed E-state index contributed by atoms with van der Waals surface area (Å²) >= 11 is 0. The van der Waals surface area contributed by atoms with Crippen LogP contribution in [-0.2, 0) is 0 Å². The van der Waals surface area contributed by atoms with Crippen LogP contribution in [-0.4, -0.2) is 21.5 Å². The molecule has 0 radical (unpaired) electrons. The van der Waals surface area contributed by atoms with E-state index in [4.69, 9.17) is 0 Å². The van der Waals surface area contributed by atoms with E-state index in [-0.39, 0.29) is 0 Å². The summed E-state index contributed by atoms with van der Waals surface area (Å²) in [6.45, 7) is 5.36. The molecule has 3 rings (SSSR count). The standard InChI is InChI=1S/C13H18N4/c1-8-4-3-7-14-11(8)13-16-10-6-5-9(2)15-12(10)17-13/h5-6,8,11,14H,3-4,7H2,1-2H3,(H,15,16,17). The third-order valence-corrected chi connectivity index (χ3v) is 3.57. The molecule has 3 heterocycles. The summed E-state index contributed by atoms with van der Waals surface area (Å²) in [6, 6.07) is 4.42. The van der Waals surface area contributed by atoms with Gasteiger partial charge in [-0.2, -0.15) is 0 Å². The number of nitrogens with one attached hydrogen (secondary N) is 2. The quantitative estimate of drug-likeness (QED) is 0.790. The van der Waals surface area contributed by atoms with Gasteiger partial charge in [0.15, 0.2) is 5.65 Å². The normalized spacial score (nSPS) is 25.3. The highest BCUT2D eigenvalue weighted by atomic mass is 15.1. The molecule has 2 aromatic rings. The molecule has 1 aliphatic rings. The second-order valence-corrected chi connectivity index (χ2v) is 5.00. The van der Waals surface area contributed by atoms with E-state index in [9.17, 15) is 0 Å². The first kappa shape index (κ1) is 10.7. The zero-order valence-corrected chi connectivity index (χ0v) is 10.3. The zero-order valence-electron chi connectivity index (χ0n) is 10.3. The molecule has 2 N–H and O–H groups in total. The fourth-order valence-electron chi connectivity index (χ4n) is 2.57. The van der Waals surface area contributed by atoms with Gasteiger partial charge in [0.1, 0.15) is 5.82 Å². The molecule has 0 spiro atoms. The van der Waals surface area contributed by atoms with Gasteiger partial charge in [0.05, 0.1) is 11.6 Å². The van der Waals surface area contributed by atoms with Crippen LogP contribution in [0, 0.1) is 12.8 Å². The van der Waals surface area contributed by atoms with Crippen LogP contribution >= 0.6 is 0 Å². The molecule has 1 saturated heterocycles. The molecule has 1 fully saturated rings. The van der Waals surface area contributed by atoms with Crippen molar-refractivity contribution in [3.63, 3.8) is 0 Å². The Morgan fingerprint density at radius 2 is 2.18 bits per heavy atom. The maximum Gasteiger partial charge on any atom is 0.178 e. The van der Waals surface area contributed by atoms with E-state index in [2.05, 4.69) is 33.3 Å². The Labute approximate surface area is 101 Å². The summed E-state index contributed by atoms with van der Waals surface area (Å²) in [5.74, 6) is 1.66. The molecule has 1 aliphatic heterocycles. The minimum Gasteiger partial charge on any atom is -0.339 e.